The van der Waals surface area contributed by atoms with Crippen LogP contribution in [-0.4, -0.2) is 11.3 Å². The molecule has 2 nitrogen and oxygen atoms in total. The van der Waals surface area contributed by atoms with Gasteiger partial charge < -0.3 is 5.32 Å². The maximum Gasteiger partial charge on any atom is 0.181 e. The Labute approximate surface area is 118 Å². The summed E-state index contributed by atoms with van der Waals surface area (Å²) in [6, 6.07) is 18.4. The highest BCUT2D eigenvalue weighted by Gasteiger charge is 2.52. The Morgan fingerprint density at radius 2 is 1.70 bits per heavy atom. The van der Waals surface area contributed by atoms with Crippen molar-refractivity contribution in [3.63, 3.8) is 0 Å². The number of benzene rings is 2. The summed E-state index contributed by atoms with van der Waals surface area (Å²) in [4.78, 5) is 12.5. The Kier molecular flexibility index (Phi) is 2.19. The second kappa shape index (κ2) is 3.83. The number of ketones is 1. The number of para-hydroxylation sites is 1. The van der Waals surface area contributed by atoms with Crippen LogP contribution in [0.1, 0.15) is 24.0 Å². The Bertz CT molecular complexity index is 732. The number of nitrogens with one attached hydrogen (secondary N) is 1. The van der Waals surface area contributed by atoms with Gasteiger partial charge in [-0.15, -0.1) is 0 Å². The largest absolute Gasteiger partial charge is 0.372 e. The van der Waals surface area contributed by atoms with E-state index in [0.29, 0.717) is 0 Å². The molecule has 1 heterocycles. The van der Waals surface area contributed by atoms with Crippen LogP contribution in [0.25, 0.3) is 5.57 Å². The standard InChI is InChI=1S/C18H15NO/c1-18-16(20)11-14(12-7-3-2-4-8-12)17(18)13-9-5-6-10-15(13)19-18/h2-11,17,19H,1H3/t17-,18+/m1/s1. The molecule has 0 bridgehead atoms. The van der Waals surface area contributed by atoms with Crippen molar-refractivity contribution < 1.29 is 4.79 Å². The van der Waals surface area contributed by atoms with Gasteiger partial charge in [0.2, 0.25) is 0 Å². The number of rotatable bonds is 1. The van der Waals surface area contributed by atoms with Crippen LogP contribution in [0.2, 0.25) is 0 Å². The minimum absolute atomic E-state index is 0.105. The Morgan fingerprint density at radius 1 is 1.00 bits per heavy atom. The summed E-state index contributed by atoms with van der Waals surface area (Å²) in [5.74, 6) is 0.270. The van der Waals surface area contributed by atoms with Gasteiger partial charge in [0, 0.05) is 11.6 Å². The number of anilines is 1. The summed E-state index contributed by atoms with van der Waals surface area (Å²) in [5.41, 5.74) is 4.02. The van der Waals surface area contributed by atoms with Crippen molar-refractivity contribution in [1.29, 1.82) is 0 Å². The van der Waals surface area contributed by atoms with Crippen LogP contribution in [0.5, 0.6) is 0 Å². The van der Waals surface area contributed by atoms with E-state index in [9.17, 15) is 4.79 Å². The lowest BCUT2D eigenvalue weighted by Gasteiger charge is -2.25. The minimum Gasteiger partial charge on any atom is -0.372 e. The van der Waals surface area contributed by atoms with Crippen LogP contribution in [0, 0.1) is 0 Å². The van der Waals surface area contributed by atoms with Crippen molar-refractivity contribution in [3.8, 4) is 0 Å². The van der Waals surface area contributed by atoms with E-state index < -0.39 is 5.54 Å². The second-order valence-corrected chi connectivity index (χ2v) is 5.68. The molecule has 1 aliphatic heterocycles. The van der Waals surface area contributed by atoms with Gasteiger partial charge in [0.05, 0.1) is 0 Å². The predicted molar refractivity (Wildman–Crippen MR) is 80.6 cm³/mol. The molecule has 0 aromatic heterocycles. The Balaban J connectivity index is 1.91. The summed E-state index contributed by atoms with van der Waals surface area (Å²) in [5, 5.41) is 3.42. The lowest BCUT2D eigenvalue weighted by molar-refractivity contribution is -0.117. The fourth-order valence-electron chi connectivity index (χ4n) is 3.46. The summed E-state index contributed by atoms with van der Waals surface area (Å²) in [7, 11) is 0. The monoisotopic (exact) mass is 261 g/mol. The first-order valence-corrected chi connectivity index (χ1v) is 6.89. The van der Waals surface area contributed by atoms with Gasteiger partial charge in [0.15, 0.2) is 5.78 Å². The number of fused-ring (bicyclic) bond motifs is 3. The Hall–Kier alpha value is -2.35. The van der Waals surface area contributed by atoms with E-state index in [1.807, 2.05) is 43.3 Å². The van der Waals surface area contributed by atoms with Crippen molar-refractivity contribution in [2.24, 2.45) is 0 Å². The number of carbonyl (C=O) groups is 1. The van der Waals surface area contributed by atoms with Gasteiger partial charge in [0.25, 0.3) is 0 Å². The highest BCUT2D eigenvalue weighted by atomic mass is 16.1. The Morgan fingerprint density at radius 3 is 2.50 bits per heavy atom. The molecule has 0 unspecified atom stereocenters. The first kappa shape index (κ1) is 11.5. The normalized spacial score (nSPS) is 26.8. The third-order valence-corrected chi connectivity index (χ3v) is 4.46. The quantitative estimate of drug-likeness (QED) is 0.849. The van der Waals surface area contributed by atoms with E-state index in [1.165, 1.54) is 5.56 Å². The van der Waals surface area contributed by atoms with Gasteiger partial charge in [0.1, 0.15) is 5.54 Å². The molecule has 4 rings (SSSR count). The number of hydrogen-bond donors (Lipinski definition) is 1. The summed E-state index contributed by atoms with van der Waals surface area (Å²) < 4.78 is 0. The van der Waals surface area contributed by atoms with Gasteiger partial charge in [-0.05, 0) is 35.8 Å². The molecule has 0 spiro atoms. The van der Waals surface area contributed by atoms with E-state index >= 15 is 0 Å². The number of hydrogen-bond acceptors (Lipinski definition) is 2. The minimum atomic E-state index is -0.533. The summed E-state index contributed by atoms with van der Waals surface area (Å²) in [6.07, 6.45) is 1.81. The molecule has 0 fully saturated rings. The van der Waals surface area contributed by atoms with E-state index in [-0.39, 0.29) is 11.7 Å². The molecule has 98 valence electrons. The summed E-state index contributed by atoms with van der Waals surface area (Å²) >= 11 is 0. The zero-order valence-corrected chi connectivity index (χ0v) is 11.3. The van der Waals surface area contributed by atoms with Gasteiger partial charge in [-0.1, -0.05) is 48.5 Å². The fourth-order valence-corrected chi connectivity index (χ4v) is 3.46. The molecular weight excluding hydrogens is 246 g/mol. The van der Waals surface area contributed by atoms with E-state index in [2.05, 4.69) is 29.6 Å². The van der Waals surface area contributed by atoms with Crippen molar-refractivity contribution in [1.82, 2.24) is 0 Å². The summed E-state index contributed by atoms with van der Waals surface area (Å²) in [6.45, 7) is 2.01. The molecule has 1 N–H and O–H groups in total. The molecule has 1 aliphatic carbocycles. The van der Waals surface area contributed by atoms with Gasteiger partial charge in [-0.2, -0.15) is 0 Å². The van der Waals surface area contributed by atoms with Gasteiger partial charge >= 0.3 is 0 Å². The molecule has 20 heavy (non-hydrogen) atoms. The third-order valence-electron chi connectivity index (χ3n) is 4.46. The molecule has 2 heteroatoms. The van der Waals surface area contributed by atoms with Gasteiger partial charge in [-0.25, -0.2) is 0 Å². The van der Waals surface area contributed by atoms with E-state index in [0.717, 1.165) is 16.8 Å². The smallest absolute Gasteiger partial charge is 0.181 e. The van der Waals surface area contributed by atoms with E-state index in [1.54, 1.807) is 0 Å². The zero-order valence-electron chi connectivity index (χ0n) is 11.3. The lowest BCUT2D eigenvalue weighted by Crippen LogP contribution is -2.40. The molecule has 0 radical (unpaired) electrons. The molecule has 2 aromatic rings. The van der Waals surface area contributed by atoms with Gasteiger partial charge in [-0.3, -0.25) is 4.79 Å². The molecule has 2 aromatic carbocycles. The van der Waals surface area contributed by atoms with Crippen LogP contribution in [-0.2, 0) is 4.79 Å². The molecular formula is C18H15NO. The molecule has 0 saturated carbocycles. The highest BCUT2D eigenvalue weighted by molar-refractivity contribution is 6.14. The van der Waals surface area contributed by atoms with Crippen molar-refractivity contribution in [3.05, 3.63) is 71.8 Å². The molecule has 2 aliphatic rings. The van der Waals surface area contributed by atoms with Crippen molar-refractivity contribution in [2.45, 2.75) is 18.4 Å². The fraction of sp³-hybridized carbons (Fsp3) is 0.167. The van der Waals surface area contributed by atoms with Crippen LogP contribution >= 0.6 is 0 Å². The SMILES string of the molecule is C[C@@]12Nc3ccccc3[C@@H]1C(c1ccccc1)=CC2=O. The van der Waals surface area contributed by atoms with Crippen LogP contribution in [0.3, 0.4) is 0 Å². The zero-order chi connectivity index (χ0) is 13.7. The average Bonchev–Trinajstić information content (AvgIpc) is 2.91. The lowest BCUT2D eigenvalue weighted by atomic mass is 9.81. The topological polar surface area (TPSA) is 29.1 Å². The molecule has 2 atom stereocenters. The maximum absolute atomic E-state index is 12.5. The molecule has 0 amide bonds. The third kappa shape index (κ3) is 1.36. The number of carbonyl (C=O) groups excluding carboxylic acids is 1. The van der Waals surface area contributed by atoms with Crippen LogP contribution in [0.4, 0.5) is 5.69 Å². The molecule has 0 saturated heterocycles. The average molecular weight is 261 g/mol. The second-order valence-electron chi connectivity index (χ2n) is 5.68. The first-order valence-electron chi connectivity index (χ1n) is 6.89. The predicted octanol–water partition coefficient (Wildman–Crippen LogP) is 3.62. The highest BCUT2D eigenvalue weighted by Crippen LogP contribution is 2.53. The van der Waals surface area contributed by atoms with Crippen molar-refractivity contribution >= 4 is 17.0 Å². The van der Waals surface area contributed by atoms with Crippen LogP contribution < -0.4 is 5.32 Å². The van der Waals surface area contributed by atoms with Crippen LogP contribution in [0.15, 0.2) is 60.7 Å². The maximum atomic E-state index is 12.5. The first-order chi connectivity index (χ1) is 9.70. The van der Waals surface area contributed by atoms with E-state index in [4.69, 9.17) is 0 Å². The van der Waals surface area contributed by atoms with Crippen molar-refractivity contribution in [2.75, 3.05) is 5.32 Å².